The molecular weight excluding hydrogens is 703 g/mol. The van der Waals surface area contributed by atoms with E-state index in [1.165, 1.54) is 31.3 Å². The maximum absolute atomic E-state index is 7.08. The van der Waals surface area contributed by atoms with Gasteiger partial charge in [-0.1, -0.05) is 127 Å². The van der Waals surface area contributed by atoms with Crippen molar-refractivity contribution in [3.63, 3.8) is 0 Å². The molecule has 3 aromatic heterocycles. The van der Waals surface area contributed by atoms with Gasteiger partial charge in [0.2, 0.25) is 0 Å². The molecule has 3 nitrogen and oxygen atoms in total. The zero-order chi connectivity index (χ0) is 36.7. The fraction of sp³-hybridized carbons (Fsp3) is 0. The third-order valence-corrected chi connectivity index (χ3v) is 12.4. The standard InChI is InChI=1S/C52H31NO2S/c1-2-12-32(13-3-1)33-24-26-35(27-25-33)53(36-28-29-39-38-16-7-9-23-47(38)56-48(39)31-36)43-19-11-22-46-51(43)50-37-15-5-4-14-34(37)30-42(52(50)55-46)40-18-10-21-45-49(40)41-17-6-8-20-44(41)54-45/h1-31H. The summed E-state index contributed by atoms with van der Waals surface area (Å²) >= 11 is 1.84. The molecular formula is C52H31NO2S. The maximum atomic E-state index is 7.08. The Hall–Kier alpha value is -7.14. The third-order valence-electron chi connectivity index (χ3n) is 11.3. The maximum Gasteiger partial charge on any atom is 0.143 e. The van der Waals surface area contributed by atoms with E-state index in [0.717, 1.165) is 82.8 Å². The molecule has 0 fully saturated rings. The minimum atomic E-state index is 0.841. The van der Waals surface area contributed by atoms with Gasteiger partial charge >= 0.3 is 0 Å². The zero-order valence-corrected chi connectivity index (χ0v) is 30.9. The Morgan fingerprint density at radius 1 is 0.375 bits per heavy atom. The van der Waals surface area contributed by atoms with Gasteiger partial charge in [-0.25, -0.2) is 0 Å². The van der Waals surface area contributed by atoms with Crippen molar-refractivity contribution in [2.45, 2.75) is 0 Å². The highest BCUT2D eigenvalue weighted by Gasteiger charge is 2.24. The summed E-state index contributed by atoms with van der Waals surface area (Å²) in [5.74, 6) is 0. The van der Waals surface area contributed by atoms with Crippen LogP contribution in [0.25, 0.3) is 97.1 Å². The Bertz CT molecular complexity index is 3480. The van der Waals surface area contributed by atoms with Gasteiger partial charge in [0.1, 0.15) is 22.3 Å². The van der Waals surface area contributed by atoms with Crippen LogP contribution in [0.5, 0.6) is 0 Å². The largest absolute Gasteiger partial charge is 0.456 e. The predicted octanol–water partition coefficient (Wildman–Crippen LogP) is 15.8. The van der Waals surface area contributed by atoms with E-state index in [-0.39, 0.29) is 0 Å². The lowest BCUT2D eigenvalue weighted by molar-refractivity contribution is 0.669. The van der Waals surface area contributed by atoms with Gasteiger partial charge in [-0.15, -0.1) is 11.3 Å². The highest BCUT2D eigenvalue weighted by atomic mass is 32.1. The Labute approximate surface area is 325 Å². The summed E-state index contributed by atoms with van der Waals surface area (Å²) in [4.78, 5) is 2.40. The van der Waals surface area contributed by atoms with Gasteiger partial charge in [0, 0.05) is 53.3 Å². The van der Waals surface area contributed by atoms with Crippen LogP contribution < -0.4 is 4.90 Å². The minimum Gasteiger partial charge on any atom is -0.456 e. The first-order valence-corrected chi connectivity index (χ1v) is 19.7. The molecule has 0 bridgehead atoms. The van der Waals surface area contributed by atoms with Crippen molar-refractivity contribution in [3.8, 4) is 22.3 Å². The molecule has 0 spiro atoms. The fourth-order valence-corrected chi connectivity index (χ4v) is 9.89. The van der Waals surface area contributed by atoms with E-state index < -0.39 is 0 Å². The van der Waals surface area contributed by atoms with Gasteiger partial charge < -0.3 is 13.7 Å². The highest BCUT2D eigenvalue weighted by molar-refractivity contribution is 7.25. The first-order valence-electron chi connectivity index (χ1n) is 18.9. The predicted molar refractivity (Wildman–Crippen MR) is 237 cm³/mol. The molecule has 0 aliphatic heterocycles. The third kappa shape index (κ3) is 4.70. The Morgan fingerprint density at radius 2 is 1.04 bits per heavy atom. The highest BCUT2D eigenvalue weighted by Crippen LogP contribution is 2.49. The number of nitrogens with zero attached hydrogens (tertiary/aromatic N) is 1. The second-order valence-electron chi connectivity index (χ2n) is 14.4. The molecule has 0 radical (unpaired) electrons. The normalized spacial score (nSPS) is 11.9. The monoisotopic (exact) mass is 733 g/mol. The van der Waals surface area contributed by atoms with Gasteiger partial charge in [-0.3, -0.25) is 0 Å². The van der Waals surface area contributed by atoms with Crippen molar-refractivity contribution in [1.29, 1.82) is 0 Å². The molecule has 56 heavy (non-hydrogen) atoms. The molecule has 0 aliphatic carbocycles. The molecule has 0 atom stereocenters. The quantitative estimate of drug-likeness (QED) is 0.176. The van der Waals surface area contributed by atoms with Crippen molar-refractivity contribution < 1.29 is 8.83 Å². The molecule has 9 aromatic carbocycles. The van der Waals surface area contributed by atoms with Crippen LogP contribution in [0.1, 0.15) is 0 Å². The van der Waals surface area contributed by atoms with Crippen LogP contribution in [0.2, 0.25) is 0 Å². The number of para-hydroxylation sites is 1. The van der Waals surface area contributed by atoms with Crippen LogP contribution in [0.3, 0.4) is 0 Å². The van der Waals surface area contributed by atoms with Crippen molar-refractivity contribution in [3.05, 3.63) is 188 Å². The van der Waals surface area contributed by atoms with Gasteiger partial charge in [-0.05, 0) is 88.1 Å². The number of thiophene rings is 1. The summed E-state index contributed by atoms with van der Waals surface area (Å²) < 4.78 is 16.0. The second-order valence-corrected chi connectivity index (χ2v) is 15.5. The molecule has 12 rings (SSSR count). The summed E-state index contributed by atoms with van der Waals surface area (Å²) in [5.41, 5.74) is 11.2. The molecule has 0 N–H and O–H groups in total. The molecule has 0 unspecified atom stereocenters. The molecule has 262 valence electrons. The Morgan fingerprint density at radius 3 is 1.91 bits per heavy atom. The SMILES string of the molecule is c1ccc(-c2ccc(N(c3ccc4c(c3)sc3ccccc34)c3cccc4oc5c(-c6cccc7oc8ccccc8c67)cc6ccccc6c5c34)cc2)cc1. The summed E-state index contributed by atoms with van der Waals surface area (Å²) in [6.45, 7) is 0. The van der Waals surface area contributed by atoms with Crippen LogP contribution in [0, 0.1) is 0 Å². The molecule has 3 heterocycles. The zero-order valence-electron chi connectivity index (χ0n) is 30.1. The molecule has 0 saturated heterocycles. The lowest BCUT2D eigenvalue weighted by Gasteiger charge is -2.26. The second kappa shape index (κ2) is 12.2. The van der Waals surface area contributed by atoms with Crippen LogP contribution in [-0.2, 0) is 0 Å². The number of fused-ring (bicyclic) bond motifs is 11. The molecule has 4 heteroatoms. The average Bonchev–Trinajstić information content (AvgIpc) is 3.96. The summed E-state index contributed by atoms with van der Waals surface area (Å²) in [6, 6.07) is 67.2. The van der Waals surface area contributed by atoms with E-state index >= 15 is 0 Å². The number of furan rings is 2. The first kappa shape index (κ1) is 31.2. The number of hydrogen-bond donors (Lipinski definition) is 0. The fourth-order valence-electron chi connectivity index (χ4n) is 8.75. The topological polar surface area (TPSA) is 29.5 Å². The average molecular weight is 734 g/mol. The smallest absolute Gasteiger partial charge is 0.143 e. The van der Waals surface area contributed by atoms with Crippen LogP contribution >= 0.6 is 11.3 Å². The van der Waals surface area contributed by atoms with Crippen molar-refractivity contribution in [2.24, 2.45) is 0 Å². The summed E-state index contributed by atoms with van der Waals surface area (Å²) in [6.07, 6.45) is 0. The van der Waals surface area contributed by atoms with Crippen LogP contribution in [0.15, 0.2) is 197 Å². The van der Waals surface area contributed by atoms with E-state index in [2.05, 4.69) is 181 Å². The van der Waals surface area contributed by atoms with Crippen molar-refractivity contribution in [2.75, 3.05) is 4.90 Å². The van der Waals surface area contributed by atoms with E-state index in [1.54, 1.807) is 0 Å². The molecule has 0 aliphatic rings. The molecule has 12 aromatic rings. The van der Waals surface area contributed by atoms with Crippen molar-refractivity contribution >= 4 is 103 Å². The van der Waals surface area contributed by atoms with E-state index in [1.807, 2.05) is 23.5 Å². The number of benzene rings is 9. The van der Waals surface area contributed by atoms with E-state index in [4.69, 9.17) is 8.83 Å². The molecule has 0 saturated carbocycles. The Kier molecular flexibility index (Phi) is 6.80. The van der Waals surface area contributed by atoms with E-state index in [0.29, 0.717) is 0 Å². The first-order chi connectivity index (χ1) is 27.8. The number of anilines is 3. The lowest BCUT2D eigenvalue weighted by atomic mass is 9.93. The summed E-state index contributed by atoms with van der Waals surface area (Å²) in [5, 5.41) is 9.24. The summed E-state index contributed by atoms with van der Waals surface area (Å²) in [7, 11) is 0. The number of hydrogen-bond acceptors (Lipinski definition) is 4. The van der Waals surface area contributed by atoms with Crippen LogP contribution in [-0.4, -0.2) is 0 Å². The van der Waals surface area contributed by atoms with E-state index in [9.17, 15) is 0 Å². The van der Waals surface area contributed by atoms with Gasteiger partial charge in [0.25, 0.3) is 0 Å². The van der Waals surface area contributed by atoms with Gasteiger partial charge in [0.05, 0.1) is 11.1 Å². The minimum absolute atomic E-state index is 0.841. The van der Waals surface area contributed by atoms with Crippen molar-refractivity contribution in [1.82, 2.24) is 0 Å². The lowest BCUT2D eigenvalue weighted by Crippen LogP contribution is -2.10. The van der Waals surface area contributed by atoms with Crippen LogP contribution in [0.4, 0.5) is 17.1 Å². The molecule has 0 amide bonds. The Balaban J connectivity index is 1.15. The number of rotatable bonds is 5. The van der Waals surface area contributed by atoms with Gasteiger partial charge in [-0.2, -0.15) is 0 Å². The van der Waals surface area contributed by atoms with Gasteiger partial charge in [0.15, 0.2) is 0 Å².